The average Bonchev–Trinajstić information content (AvgIpc) is 2.63. The maximum Gasteiger partial charge on any atom is 0.248 e. The Morgan fingerprint density at radius 3 is 2.62 bits per heavy atom. The van der Waals surface area contributed by atoms with Crippen molar-refractivity contribution in [1.82, 2.24) is 4.90 Å². The number of hydrogen-bond acceptors (Lipinski definition) is 3. The Hall–Kier alpha value is -2.59. The highest BCUT2D eigenvalue weighted by molar-refractivity contribution is 5.78. The first-order valence-electron chi connectivity index (χ1n) is 8.03. The van der Waals surface area contributed by atoms with Gasteiger partial charge in [-0.1, -0.05) is 48.5 Å². The van der Waals surface area contributed by atoms with Crippen LogP contribution in [0.25, 0.3) is 0 Å². The van der Waals surface area contributed by atoms with Gasteiger partial charge < -0.3 is 14.4 Å². The zero-order valence-corrected chi connectivity index (χ0v) is 13.6. The molecule has 4 nitrogen and oxygen atoms in total. The highest BCUT2D eigenvalue weighted by Crippen LogP contribution is 2.25. The van der Waals surface area contributed by atoms with Crippen molar-refractivity contribution in [3.05, 3.63) is 78.4 Å². The number of amides is 1. The van der Waals surface area contributed by atoms with Crippen molar-refractivity contribution in [2.75, 3.05) is 19.7 Å². The van der Waals surface area contributed by atoms with E-state index in [0.717, 1.165) is 16.9 Å². The number of benzene rings is 2. The summed E-state index contributed by atoms with van der Waals surface area (Å²) in [6.07, 6.45) is 1.63. The summed E-state index contributed by atoms with van der Waals surface area (Å²) in [5, 5.41) is 0. The number of hydrogen-bond donors (Lipinski definition) is 0. The Balaban J connectivity index is 1.59. The zero-order valence-electron chi connectivity index (χ0n) is 13.6. The van der Waals surface area contributed by atoms with Gasteiger partial charge in [0.25, 0.3) is 0 Å². The second-order valence-corrected chi connectivity index (χ2v) is 5.73. The van der Waals surface area contributed by atoms with Gasteiger partial charge in [-0.15, -0.1) is 6.58 Å². The van der Waals surface area contributed by atoms with Gasteiger partial charge >= 0.3 is 0 Å². The highest BCUT2D eigenvalue weighted by Gasteiger charge is 2.26. The van der Waals surface area contributed by atoms with Crippen LogP contribution < -0.4 is 4.74 Å². The Kier molecular flexibility index (Phi) is 5.29. The molecule has 3 rings (SSSR count). The summed E-state index contributed by atoms with van der Waals surface area (Å²) in [6, 6.07) is 17.9. The van der Waals surface area contributed by atoms with Crippen LogP contribution >= 0.6 is 0 Å². The third-order valence-corrected chi connectivity index (χ3v) is 4.00. The molecular formula is C20H21NO3. The van der Waals surface area contributed by atoms with Gasteiger partial charge in [-0.05, 0) is 23.3 Å². The predicted octanol–water partition coefficient (Wildman–Crippen LogP) is 3.35. The SMILES string of the molecule is C=CCN1CC(c2ccc(OCc3ccccc3)cc2)OCC1=O. The maximum atomic E-state index is 11.8. The second-order valence-electron chi connectivity index (χ2n) is 5.73. The fourth-order valence-corrected chi connectivity index (χ4v) is 2.67. The lowest BCUT2D eigenvalue weighted by molar-refractivity contribution is -0.148. The second kappa shape index (κ2) is 7.79. The number of ether oxygens (including phenoxy) is 2. The van der Waals surface area contributed by atoms with Crippen molar-refractivity contribution < 1.29 is 14.3 Å². The minimum absolute atomic E-state index is 0.00830. The molecule has 1 amide bonds. The molecule has 1 aliphatic heterocycles. The van der Waals surface area contributed by atoms with Gasteiger partial charge in [0.2, 0.25) is 5.91 Å². The Labute approximate surface area is 142 Å². The minimum atomic E-state index is -0.106. The van der Waals surface area contributed by atoms with Gasteiger partial charge in [0.1, 0.15) is 25.1 Å². The molecule has 24 heavy (non-hydrogen) atoms. The van der Waals surface area contributed by atoms with Crippen LogP contribution in [0, 0.1) is 0 Å². The number of nitrogens with zero attached hydrogens (tertiary/aromatic N) is 1. The lowest BCUT2D eigenvalue weighted by Gasteiger charge is -2.32. The van der Waals surface area contributed by atoms with Crippen LogP contribution in [0.3, 0.4) is 0 Å². The fourth-order valence-electron chi connectivity index (χ4n) is 2.67. The van der Waals surface area contributed by atoms with E-state index in [1.807, 2.05) is 54.6 Å². The van der Waals surface area contributed by atoms with Gasteiger partial charge in [0, 0.05) is 6.54 Å². The van der Waals surface area contributed by atoms with E-state index in [9.17, 15) is 4.79 Å². The minimum Gasteiger partial charge on any atom is -0.489 e. The van der Waals surface area contributed by atoms with E-state index < -0.39 is 0 Å². The molecule has 1 aliphatic rings. The lowest BCUT2D eigenvalue weighted by atomic mass is 10.1. The highest BCUT2D eigenvalue weighted by atomic mass is 16.5. The topological polar surface area (TPSA) is 38.8 Å². The molecule has 0 bridgehead atoms. The van der Waals surface area contributed by atoms with Crippen LogP contribution in [0.2, 0.25) is 0 Å². The van der Waals surface area contributed by atoms with E-state index in [1.54, 1.807) is 11.0 Å². The molecule has 0 saturated carbocycles. The number of carbonyl (C=O) groups is 1. The molecular weight excluding hydrogens is 302 g/mol. The third kappa shape index (κ3) is 4.03. The van der Waals surface area contributed by atoms with Gasteiger partial charge in [-0.2, -0.15) is 0 Å². The largest absolute Gasteiger partial charge is 0.489 e. The van der Waals surface area contributed by atoms with Crippen molar-refractivity contribution in [2.24, 2.45) is 0 Å². The first kappa shape index (κ1) is 16.3. The van der Waals surface area contributed by atoms with Crippen LogP contribution in [0.5, 0.6) is 5.75 Å². The summed E-state index contributed by atoms with van der Waals surface area (Å²) in [5.74, 6) is 0.825. The van der Waals surface area contributed by atoms with E-state index in [1.165, 1.54) is 0 Å². The predicted molar refractivity (Wildman–Crippen MR) is 92.7 cm³/mol. The Bertz CT molecular complexity index is 682. The van der Waals surface area contributed by atoms with Gasteiger partial charge in [-0.3, -0.25) is 4.79 Å². The van der Waals surface area contributed by atoms with E-state index in [-0.39, 0.29) is 18.6 Å². The number of rotatable bonds is 6. The molecule has 0 spiro atoms. The molecule has 0 radical (unpaired) electrons. The molecule has 124 valence electrons. The molecule has 1 fully saturated rings. The maximum absolute atomic E-state index is 11.8. The number of morpholine rings is 1. The molecule has 0 N–H and O–H groups in total. The third-order valence-electron chi connectivity index (χ3n) is 4.00. The van der Waals surface area contributed by atoms with E-state index >= 15 is 0 Å². The summed E-state index contributed by atoms with van der Waals surface area (Å²) in [6.45, 7) is 5.46. The summed E-state index contributed by atoms with van der Waals surface area (Å²) in [5.41, 5.74) is 2.18. The normalized spacial score (nSPS) is 17.6. The van der Waals surface area contributed by atoms with Crippen LogP contribution in [0.15, 0.2) is 67.3 Å². The first-order valence-corrected chi connectivity index (χ1v) is 8.03. The van der Waals surface area contributed by atoms with Crippen molar-refractivity contribution in [1.29, 1.82) is 0 Å². The van der Waals surface area contributed by atoms with E-state index in [0.29, 0.717) is 19.7 Å². The molecule has 4 heteroatoms. The van der Waals surface area contributed by atoms with Crippen LogP contribution in [0.1, 0.15) is 17.2 Å². The number of carbonyl (C=O) groups excluding carboxylic acids is 1. The molecule has 0 aromatic heterocycles. The van der Waals surface area contributed by atoms with Crippen LogP contribution in [0.4, 0.5) is 0 Å². The summed E-state index contributed by atoms with van der Waals surface area (Å²) >= 11 is 0. The average molecular weight is 323 g/mol. The molecule has 2 aromatic rings. The fraction of sp³-hybridized carbons (Fsp3) is 0.250. The van der Waals surface area contributed by atoms with Crippen LogP contribution in [-0.4, -0.2) is 30.5 Å². The summed E-state index contributed by atoms with van der Waals surface area (Å²) in [7, 11) is 0. The molecule has 0 aliphatic carbocycles. The molecule has 1 unspecified atom stereocenters. The smallest absolute Gasteiger partial charge is 0.248 e. The quantitative estimate of drug-likeness (QED) is 0.765. The van der Waals surface area contributed by atoms with Crippen molar-refractivity contribution >= 4 is 5.91 Å². The monoisotopic (exact) mass is 323 g/mol. The molecule has 1 heterocycles. The van der Waals surface area contributed by atoms with Gasteiger partial charge in [0.05, 0.1) is 6.54 Å². The first-order chi connectivity index (χ1) is 11.8. The van der Waals surface area contributed by atoms with E-state index in [2.05, 4.69) is 6.58 Å². The zero-order chi connectivity index (χ0) is 16.8. The lowest BCUT2D eigenvalue weighted by Crippen LogP contribution is -2.43. The summed E-state index contributed by atoms with van der Waals surface area (Å²) in [4.78, 5) is 13.5. The Morgan fingerprint density at radius 2 is 1.92 bits per heavy atom. The standard InChI is InChI=1S/C20H21NO3/c1-2-12-21-13-19(24-15-20(21)22)17-8-10-18(11-9-17)23-14-16-6-4-3-5-7-16/h2-11,19H,1,12-15H2. The summed E-state index contributed by atoms with van der Waals surface area (Å²) < 4.78 is 11.4. The van der Waals surface area contributed by atoms with Crippen LogP contribution in [-0.2, 0) is 16.1 Å². The molecule has 1 atom stereocenters. The Morgan fingerprint density at radius 1 is 1.17 bits per heavy atom. The van der Waals surface area contributed by atoms with E-state index in [4.69, 9.17) is 9.47 Å². The molecule has 2 aromatic carbocycles. The van der Waals surface area contributed by atoms with Crippen molar-refractivity contribution in [3.8, 4) is 5.75 Å². The van der Waals surface area contributed by atoms with Gasteiger partial charge in [0.15, 0.2) is 0 Å². The van der Waals surface area contributed by atoms with Crippen molar-refractivity contribution in [2.45, 2.75) is 12.7 Å². The molecule has 1 saturated heterocycles. The van der Waals surface area contributed by atoms with Gasteiger partial charge in [-0.25, -0.2) is 0 Å². The van der Waals surface area contributed by atoms with Crippen molar-refractivity contribution in [3.63, 3.8) is 0 Å².